The zero-order chi connectivity index (χ0) is 28.0. The van der Waals surface area contributed by atoms with Gasteiger partial charge in [0.15, 0.2) is 0 Å². The van der Waals surface area contributed by atoms with Crippen molar-refractivity contribution >= 4 is 27.5 Å². The van der Waals surface area contributed by atoms with Crippen LogP contribution in [0.25, 0.3) is 0 Å². The molecule has 2 aromatic carbocycles. The highest BCUT2D eigenvalue weighted by Gasteiger charge is 2.33. The van der Waals surface area contributed by atoms with Gasteiger partial charge in [-0.25, -0.2) is 12.8 Å². The number of halogens is 1. The zero-order valence-electron chi connectivity index (χ0n) is 22.4. The minimum absolute atomic E-state index is 0.0213. The van der Waals surface area contributed by atoms with Gasteiger partial charge in [0, 0.05) is 18.2 Å². The monoisotopic (exact) mass is 537 g/mol. The first-order valence-corrected chi connectivity index (χ1v) is 13.6. The summed E-state index contributed by atoms with van der Waals surface area (Å²) in [6.45, 7) is 6.63. The minimum Gasteiger partial charge on any atom is -0.497 e. The molecule has 11 heteroatoms. The van der Waals surface area contributed by atoms with Gasteiger partial charge in [0.25, 0.3) is 0 Å². The summed E-state index contributed by atoms with van der Waals surface area (Å²) in [4.78, 5) is 28.2. The standard InChI is InChI=1S/C26H36FN3O6S/c1-8-21(25(32)28-26(2,3)4)29(16-18-9-11-19(27)12-10-18)24(31)17-30(37(7,33)34)22-14-13-20(35-5)15-23(22)36-6/h9-15,21H,8,16-17H2,1-7H3,(H,28,32)/t21-/m0/s1. The molecule has 0 aliphatic rings. The molecule has 0 radical (unpaired) electrons. The van der Waals surface area contributed by atoms with Gasteiger partial charge in [0.05, 0.1) is 26.2 Å². The van der Waals surface area contributed by atoms with Crippen LogP contribution in [0.15, 0.2) is 42.5 Å². The topological polar surface area (TPSA) is 105 Å². The van der Waals surface area contributed by atoms with Crippen molar-refractivity contribution in [3.8, 4) is 11.5 Å². The first-order chi connectivity index (χ1) is 17.2. The summed E-state index contributed by atoms with van der Waals surface area (Å²) < 4.78 is 50.6. The predicted molar refractivity (Wildman–Crippen MR) is 141 cm³/mol. The van der Waals surface area contributed by atoms with Crippen molar-refractivity contribution in [2.75, 3.05) is 31.3 Å². The second-order valence-corrected chi connectivity index (χ2v) is 11.5. The molecule has 204 valence electrons. The average Bonchev–Trinajstić information content (AvgIpc) is 2.81. The summed E-state index contributed by atoms with van der Waals surface area (Å²) in [5, 5.41) is 2.89. The Bertz CT molecular complexity index is 1200. The Balaban J connectivity index is 2.52. The number of rotatable bonds is 11. The fourth-order valence-electron chi connectivity index (χ4n) is 3.74. The van der Waals surface area contributed by atoms with Gasteiger partial charge in [-0.2, -0.15) is 0 Å². The molecule has 0 spiro atoms. The fraction of sp³-hybridized carbons (Fsp3) is 0.462. The summed E-state index contributed by atoms with van der Waals surface area (Å²) in [7, 11) is -1.10. The molecule has 0 bridgehead atoms. The smallest absolute Gasteiger partial charge is 0.244 e. The van der Waals surface area contributed by atoms with E-state index in [0.717, 1.165) is 10.6 Å². The van der Waals surface area contributed by atoms with E-state index in [4.69, 9.17) is 9.47 Å². The van der Waals surface area contributed by atoms with Crippen LogP contribution in [0.1, 0.15) is 39.7 Å². The molecular weight excluding hydrogens is 501 g/mol. The lowest BCUT2D eigenvalue weighted by Gasteiger charge is -2.34. The number of nitrogens with zero attached hydrogens (tertiary/aromatic N) is 2. The molecule has 9 nitrogen and oxygen atoms in total. The van der Waals surface area contributed by atoms with Crippen LogP contribution in [-0.4, -0.2) is 63.7 Å². The van der Waals surface area contributed by atoms with E-state index in [1.165, 1.54) is 55.5 Å². The Hall–Kier alpha value is -3.34. The number of benzene rings is 2. The molecule has 2 rings (SSSR count). The first kappa shape index (κ1) is 29.9. The number of carbonyl (C=O) groups excluding carboxylic acids is 2. The lowest BCUT2D eigenvalue weighted by atomic mass is 10.1. The molecule has 0 aliphatic carbocycles. The number of hydrogen-bond donors (Lipinski definition) is 1. The summed E-state index contributed by atoms with van der Waals surface area (Å²) in [5.74, 6) is -0.778. The first-order valence-electron chi connectivity index (χ1n) is 11.8. The summed E-state index contributed by atoms with van der Waals surface area (Å²) in [6, 6.07) is 9.23. The van der Waals surface area contributed by atoms with Crippen LogP contribution in [0, 0.1) is 5.82 Å². The Labute approximate surface area is 218 Å². The Morgan fingerprint density at radius 2 is 1.68 bits per heavy atom. The number of methoxy groups -OCH3 is 2. The van der Waals surface area contributed by atoms with Crippen LogP contribution in [0.2, 0.25) is 0 Å². The van der Waals surface area contributed by atoms with Crippen molar-refractivity contribution in [3.05, 3.63) is 53.8 Å². The summed E-state index contributed by atoms with van der Waals surface area (Å²) >= 11 is 0. The van der Waals surface area contributed by atoms with Crippen molar-refractivity contribution in [2.45, 2.75) is 52.2 Å². The van der Waals surface area contributed by atoms with Crippen LogP contribution in [0.5, 0.6) is 11.5 Å². The molecule has 37 heavy (non-hydrogen) atoms. The fourth-order valence-corrected chi connectivity index (χ4v) is 4.60. The average molecular weight is 538 g/mol. The molecular formula is C26H36FN3O6S. The molecule has 1 atom stereocenters. The number of anilines is 1. The number of hydrogen-bond acceptors (Lipinski definition) is 6. The van der Waals surface area contributed by atoms with Crippen molar-refractivity contribution in [2.24, 2.45) is 0 Å². The third kappa shape index (κ3) is 8.34. The van der Waals surface area contributed by atoms with Crippen LogP contribution < -0.4 is 19.1 Å². The normalized spacial score (nSPS) is 12.4. The van der Waals surface area contributed by atoms with E-state index in [2.05, 4.69) is 5.32 Å². The van der Waals surface area contributed by atoms with E-state index in [1.54, 1.807) is 13.0 Å². The predicted octanol–water partition coefficient (Wildman–Crippen LogP) is 3.33. The number of sulfonamides is 1. The summed E-state index contributed by atoms with van der Waals surface area (Å²) in [6.07, 6.45) is 1.26. The van der Waals surface area contributed by atoms with Crippen molar-refractivity contribution in [3.63, 3.8) is 0 Å². The Morgan fingerprint density at radius 1 is 1.05 bits per heavy atom. The number of amides is 2. The highest BCUT2D eigenvalue weighted by atomic mass is 32.2. The van der Waals surface area contributed by atoms with Crippen molar-refractivity contribution < 1.29 is 31.9 Å². The number of ether oxygens (including phenoxy) is 2. The van der Waals surface area contributed by atoms with Gasteiger partial charge >= 0.3 is 0 Å². The molecule has 2 aromatic rings. The van der Waals surface area contributed by atoms with E-state index < -0.39 is 39.9 Å². The molecule has 2 amide bonds. The van der Waals surface area contributed by atoms with E-state index in [9.17, 15) is 22.4 Å². The van der Waals surface area contributed by atoms with Gasteiger partial charge in [0.2, 0.25) is 21.8 Å². The van der Waals surface area contributed by atoms with Crippen LogP contribution in [0.4, 0.5) is 10.1 Å². The van der Waals surface area contributed by atoms with Crippen LogP contribution in [-0.2, 0) is 26.2 Å². The lowest BCUT2D eigenvalue weighted by Crippen LogP contribution is -2.55. The van der Waals surface area contributed by atoms with Crippen LogP contribution >= 0.6 is 0 Å². The maximum absolute atomic E-state index is 13.7. The third-order valence-corrected chi connectivity index (χ3v) is 6.61. The third-order valence-electron chi connectivity index (χ3n) is 5.49. The molecule has 0 fully saturated rings. The Kier molecular flexibility index (Phi) is 9.91. The van der Waals surface area contributed by atoms with Gasteiger partial charge in [-0.05, 0) is 57.0 Å². The lowest BCUT2D eigenvalue weighted by molar-refractivity contribution is -0.141. The second kappa shape index (κ2) is 12.3. The molecule has 1 N–H and O–H groups in total. The maximum Gasteiger partial charge on any atom is 0.244 e. The van der Waals surface area contributed by atoms with E-state index in [-0.39, 0.29) is 30.3 Å². The molecule has 0 aromatic heterocycles. The van der Waals surface area contributed by atoms with E-state index in [0.29, 0.717) is 11.3 Å². The second-order valence-electron chi connectivity index (χ2n) is 9.62. The highest BCUT2D eigenvalue weighted by molar-refractivity contribution is 7.92. The van der Waals surface area contributed by atoms with Gasteiger partial charge in [-0.3, -0.25) is 13.9 Å². The van der Waals surface area contributed by atoms with Gasteiger partial charge < -0.3 is 19.7 Å². The quantitative estimate of drug-likeness (QED) is 0.472. The van der Waals surface area contributed by atoms with E-state index in [1.807, 2.05) is 20.8 Å². The van der Waals surface area contributed by atoms with Gasteiger partial charge in [0.1, 0.15) is 29.9 Å². The number of carbonyl (C=O) groups is 2. The molecule has 0 unspecified atom stereocenters. The zero-order valence-corrected chi connectivity index (χ0v) is 23.2. The minimum atomic E-state index is -3.94. The Morgan fingerprint density at radius 3 is 2.16 bits per heavy atom. The molecule has 0 saturated heterocycles. The molecule has 0 aliphatic heterocycles. The van der Waals surface area contributed by atoms with Gasteiger partial charge in [-0.1, -0.05) is 19.1 Å². The number of nitrogens with one attached hydrogen (secondary N) is 1. The largest absolute Gasteiger partial charge is 0.497 e. The molecule has 0 saturated carbocycles. The highest BCUT2D eigenvalue weighted by Crippen LogP contribution is 2.33. The van der Waals surface area contributed by atoms with E-state index >= 15 is 0 Å². The van der Waals surface area contributed by atoms with Gasteiger partial charge in [-0.15, -0.1) is 0 Å². The SMILES string of the molecule is CC[C@@H](C(=O)NC(C)(C)C)N(Cc1ccc(F)cc1)C(=O)CN(c1ccc(OC)cc1OC)S(C)(=O)=O. The molecule has 0 heterocycles. The summed E-state index contributed by atoms with van der Waals surface area (Å²) in [5.41, 5.74) is 0.183. The maximum atomic E-state index is 13.7. The van der Waals surface area contributed by atoms with Crippen molar-refractivity contribution in [1.82, 2.24) is 10.2 Å². The van der Waals surface area contributed by atoms with Crippen LogP contribution in [0.3, 0.4) is 0 Å². The van der Waals surface area contributed by atoms with Crippen molar-refractivity contribution in [1.29, 1.82) is 0 Å².